The van der Waals surface area contributed by atoms with Gasteiger partial charge in [0.15, 0.2) is 0 Å². The van der Waals surface area contributed by atoms with E-state index in [-0.39, 0.29) is 23.9 Å². The summed E-state index contributed by atoms with van der Waals surface area (Å²) in [5, 5.41) is 10.2. The van der Waals surface area contributed by atoms with E-state index in [2.05, 4.69) is 25.7 Å². The minimum Gasteiger partial charge on any atom is -0.348 e. The summed E-state index contributed by atoms with van der Waals surface area (Å²) in [6.45, 7) is 4.38. The molecule has 3 N–H and O–H groups in total. The molecule has 26 heavy (non-hydrogen) atoms. The first kappa shape index (κ1) is 16.3. The van der Waals surface area contributed by atoms with Crippen molar-refractivity contribution in [1.82, 2.24) is 30.4 Å². The second kappa shape index (κ2) is 6.29. The van der Waals surface area contributed by atoms with Crippen LogP contribution in [0.15, 0.2) is 30.6 Å². The number of carbonyl (C=O) groups excluding carboxylic acids is 2. The van der Waals surface area contributed by atoms with Gasteiger partial charge < -0.3 is 15.6 Å². The monoisotopic (exact) mass is 352 g/mol. The van der Waals surface area contributed by atoms with E-state index in [1.54, 1.807) is 29.2 Å². The van der Waals surface area contributed by atoms with Crippen LogP contribution in [0.3, 0.4) is 0 Å². The zero-order valence-electron chi connectivity index (χ0n) is 14.6. The van der Waals surface area contributed by atoms with Gasteiger partial charge in [-0.15, -0.1) is 0 Å². The SMILES string of the molecule is CC(C)NC(=O)c1cc2n(n1)C[C@@H](NC(=O)c1ccc3nc[nH]c3c1)C2. The minimum absolute atomic E-state index is 0.0373. The van der Waals surface area contributed by atoms with Gasteiger partial charge in [0.2, 0.25) is 0 Å². The maximum Gasteiger partial charge on any atom is 0.271 e. The van der Waals surface area contributed by atoms with Gasteiger partial charge in [0.1, 0.15) is 5.69 Å². The van der Waals surface area contributed by atoms with E-state index in [1.807, 2.05) is 19.9 Å². The van der Waals surface area contributed by atoms with Crippen LogP contribution in [0.4, 0.5) is 0 Å². The van der Waals surface area contributed by atoms with Gasteiger partial charge in [-0.2, -0.15) is 5.10 Å². The van der Waals surface area contributed by atoms with Crippen molar-refractivity contribution in [2.75, 3.05) is 0 Å². The zero-order chi connectivity index (χ0) is 18.3. The molecule has 0 unspecified atom stereocenters. The average Bonchev–Trinajstić information content (AvgIpc) is 3.27. The van der Waals surface area contributed by atoms with Crippen LogP contribution < -0.4 is 10.6 Å². The summed E-state index contributed by atoms with van der Waals surface area (Å²) in [5.41, 5.74) is 3.62. The predicted octanol–water partition coefficient (Wildman–Crippen LogP) is 1.25. The van der Waals surface area contributed by atoms with E-state index in [9.17, 15) is 9.59 Å². The van der Waals surface area contributed by atoms with Crippen LogP contribution in [0.2, 0.25) is 0 Å². The van der Waals surface area contributed by atoms with Crippen LogP contribution in [0.5, 0.6) is 0 Å². The molecule has 1 atom stereocenters. The lowest BCUT2D eigenvalue weighted by Crippen LogP contribution is -2.36. The molecule has 8 heteroatoms. The molecule has 8 nitrogen and oxygen atoms in total. The van der Waals surface area contributed by atoms with Gasteiger partial charge in [0.05, 0.1) is 29.9 Å². The molecule has 0 aliphatic carbocycles. The standard InChI is InChI=1S/C18H20N6O2/c1-10(2)21-18(26)16-7-13-6-12(8-24(13)23-16)22-17(25)11-3-4-14-15(5-11)20-9-19-14/h3-5,7,9-10,12H,6,8H2,1-2H3,(H,19,20)(H,21,26)(H,22,25)/t12-/m0/s1. The van der Waals surface area contributed by atoms with Gasteiger partial charge in [-0.1, -0.05) is 0 Å². The van der Waals surface area contributed by atoms with Crippen molar-refractivity contribution in [2.45, 2.75) is 38.9 Å². The highest BCUT2D eigenvalue weighted by atomic mass is 16.2. The van der Waals surface area contributed by atoms with E-state index in [0.717, 1.165) is 16.7 Å². The van der Waals surface area contributed by atoms with E-state index < -0.39 is 0 Å². The summed E-state index contributed by atoms with van der Waals surface area (Å²) in [4.78, 5) is 31.7. The van der Waals surface area contributed by atoms with E-state index in [1.165, 1.54) is 0 Å². The maximum absolute atomic E-state index is 12.5. The summed E-state index contributed by atoms with van der Waals surface area (Å²) in [6.07, 6.45) is 2.26. The molecule has 2 aromatic heterocycles. The van der Waals surface area contributed by atoms with Gasteiger partial charge in [-0.25, -0.2) is 4.98 Å². The summed E-state index contributed by atoms with van der Waals surface area (Å²) in [5.74, 6) is -0.301. The van der Waals surface area contributed by atoms with Crippen LogP contribution in [-0.4, -0.2) is 43.6 Å². The molecule has 3 aromatic rings. The first-order valence-electron chi connectivity index (χ1n) is 8.61. The molecule has 3 heterocycles. The number of hydrogen-bond acceptors (Lipinski definition) is 4. The first-order valence-corrected chi connectivity index (χ1v) is 8.61. The molecule has 1 aliphatic heterocycles. The van der Waals surface area contributed by atoms with Crippen molar-refractivity contribution < 1.29 is 9.59 Å². The largest absolute Gasteiger partial charge is 0.348 e. The quantitative estimate of drug-likeness (QED) is 0.657. The van der Waals surface area contributed by atoms with Crippen LogP contribution in [-0.2, 0) is 13.0 Å². The highest BCUT2D eigenvalue weighted by Crippen LogP contribution is 2.17. The molecule has 1 aliphatic rings. The summed E-state index contributed by atoms with van der Waals surface area (Å²) < 4.78 is 1.79. The van der Waals surface area contributed by atoms with Crippen molar-refractivity contribution in [1.29, 1.82) is 0 Å². The lowest BCUT2D eigenvalue weighted by Gasteiger charge is -2.12. The van der Waals surface area contributed by atoms with Crippen LogP contribution in [0.25, 0.3) is 11.0 Å². The van der Waals surface area contributed by atoms with Gasteiger partial charge in [0, 0.05) is 23.7 Å². The fraction of sp³-hybridized carbons (Fsp3) is 0.333. The normalized spacial score (nSPS) is 16.0. The number of carbonyl (C=O) groups is 2. The Balaban J connectivity index is 1.41. The number of rotatable bonds is 4. The van der Waals surface area contributed by atoms with E-state index in [0.29, 0.717) is 24.2 Å². The van der Waals surface area contributed by atoms with Crippen molar-refractivity contribution in [3.63, 3.8) is 0 Å². The zero-order valence-corrected chi connectivity index (χ0v) is 14.6. The molecule has 0 bridgehead atoms. The molecule has 4 rings (SSSR count). The topological polar surface area (TPSA) is 105 Å². The lowest BCUT2D eigenvalue weighted by molar-refractivity contribution is 0.0924. The molecule has 0 radical (unpaired) electrons. The number of fused-ring (bicyclic) bond motifs is 2. The van der Waals surface area contributed by atoms with Crippen molar-refractivity contribution in [2.24, 2.45) is 0 Å². The first-order chi connectivity index (χ1) is 12.5. The lowest BCUT2D eigenvalue weighted by atomic mass is 10.1. The number of hydrogen-bond donors (Lipinski definition) is 3. The second-order valence-corrected chi connectivity index (χ2v) is 6.84. The molecule has 134 valence electrons. The number of imidazole rings is 1. The van der Waals surface area contributed by atoms with Gasteiger partial charge in [-0.05, 0) is 38.1 Å². The number of aromatic nitrogens is 4. The highest BCUT2D eigenvalue weighted by Gasteiger charge is 2.26. The van der Waals surface area contributed by atoms with Gasteiger partial charge in [-0.3, -0.25) is 14.3 Å². The maximum atomic E-state index is 12.5. The fourth-order valence-electron chi connectivity index (χ4n) is 3.19. The van der Waals surface area contributed by atoms with Crippen molar-refractivity contribution in [3.8, 4) is 0 Å². The Kier molecular flexibility index (Phi) is 3.95. The van der Waals surface area contributed by atoms with Crippen LogP contribution in [0.1, 0.15) is 40.4 Å². The number of aromatic amines is 1. The van der Waals surface area contributed by atoms with Gasteiger partial charge in [0.25, 0.3) is 11.8 Å². The molecule has 0 spiro atoms. The molecular weight excluding hydrogens is 332 g/mol. The Labute approximate surface area is 150 Å². The number of benzene rings is 1. The minimum atomic E-state index is -0.171. The molecular formula is C18H20N6O2. The summed E-state index contributed by atoms with van der Waals surface area (Å²) in [7, 11) is 0. The second-order valence-electron chi connectivity index (χ2n) is 6.84. The van der Waals surface area contributed by atoms with E-state index in [4.69, 9.17) is 0 Å². The smallest absolute Gasteiger partial charge is 0.271 e. The van der Waals surface area contributed by atoms with Crippen LogP contribution >= 0.6 is 0 Å². The van der Waals surface area contributed by atoms with E-state index >= 15 is 0 Å². The average molecular weight is 352 g/mol. The third-order valence-corrected chi connectivity index (χ3v) is 4.38. The Bertz CT molecular complexity index is 963. The Hall–Kier alpha value is -3.16. The predicted molar refractivity (Wildman–Crippen MR) is 95.9 cm³/mol. The van der Waals surface area contributed by atoms with Crippen molar-refractivity contribution >= 4 is 22.8 Å². The third kappa shape index (κ3) is 3.05. The Morgan fingerprint density at radius 3 is 2.88 bits per heavy atom. The van der Waals surface area contributed by atoms with Crippen molar-refractivity contribution in [3.05, 3.63) is 47.5 Å². The Morgan fingerprint density at radius 2 is 2.12 bits per heavy atom. The number of H-pyrrole nitrogens is 1. The fourth-order valence-corrected chi connectivity index (χ4v) is 3.19. The molecule has 0 saturated carbocycles. The summed E-state index contributed by atoms with van der Waals surface area (Å²) in [6, 6.07) is 7.20. The van der Waals surface area contributed by atoms with Crippen LogP contribution in [0, 0.1) is 0 Å². The number of amides is 2. The summed E-state index contributed by atoms with van der Waals surface area (Å²) >= 11 is 0. The molecule has 1 aromatic carbocycles. The molecule has 2 amide bonds. The number of nitrogens with zero attached hydrogens (tertiary/aromatic N) is 3. The molecule has 0 saturated heterocycles. The third-order valence-electron chi connectivity index (χ3n) is 4.38. The molecule has 0 fully saturated rings. The van der Waals surface area contributed by atoms with Gasteiger partial charge >= 0.3 is 0 Å². The Morgan fingerprint density at radius 1 is 1.27 bits per heavy atom. The highest BCUT2D eigenvalue weighted by molar-refractivity contribution is 5.97. The number of nitrogens with one attached hydrogen (secondary N) is 3.